The first kappa shape index (κ1) is 13.5. The molecule has 20 heavy (non-hydrogen) atoms. The van der Waals surface area contributed by atoms with Crippen molar-refractivity contribution in [1.29, 1.82) is 0 Å². The van der Waals surface area contributed by atoms with Gasteiger partial charge in [0.15, 0.2) is 5.13 Å². The molecule has 0 amide bonds. The number of para-hydroxylation sites is 1. The van der Waals surface area contributed by atoms with Crippen LogP contribution in [0.25, 0.3) is 0 Å². The second kappa shape index (κ2) is 6.35. The maximum absolute atomic E-state index is 9.34. The fourth-order valence-corrected chi connectivity index (χ4v) is 3.32. The highest BCUT2D eigenvalue weighted by Gasteiger charge is 2.24. The summed E-state index contributed by atoms with van der Waals surface area (Å²) in [6, 6.07) is 10.4. The van der Waals surface area contributed by atoms with Crippen molar-refractivity contribution in [2.24, 2.45) is 0 Å². The van der Waals surface area contributed by atoms with E-state index in [9.17, 15) is 5.11 Å². The summed E-state index contributed by atoms with van der Waals surface area (Å²) in [5, 5.41) is 15.7. The second-order valence-electron chi connectivity index (χ2n) is 5.08. The van der Waals surface area contributed by atoms with Crippen molar-refractivity contribution < 1.29 is 5.11 Å². The molecular formula is C15H19N3OS. The van der Waals surface area contributed by atoms with Crippen LogP contribution in [-0.2, 0) is 6.54 Å². The van der Waals surface area contributed by atoms with Gasteiger partial charge in [0, 0.05) is 23.7 Å². The molecule has 2 aromatic rings. The summed E-state index contributed by atoms with van der Waals surface area (Å²) in [5.74, 6) is 0. The topological polar surface area (TPSA) is 48.4 Å². The van der Waals surface area contributed by atoms with Gasteiger partial charge in [-0.25, -0.2) is 4.98 Å². The molecule has 0 unspecified atom stereocenters. The van der Waals surface area contributed by atoms with Crippen LogP contribution in [0.1, 0.15) is 18.5 Å². The smallest absolute Gasteiger partial charge is 0.187 e. The molecule has 1 aromatic carbocycles. The van der Waals surface area contributed by atoms with Gasteiger partial charge in [-0.3, -0.25) is 4.90 Å². The second-order valence-corrected chi connectivity index (χ2v) is 5.94. The Morgan fingerprint density at radius 2 is 2.20 bits per heavy atom. The number of thiazole rings is 1. The molecule has 4 nitrogen and oxygen atoms in total. The zero-order valence-electron chi connectivity index (χ0n) is 11.3. The Morgan fingerprint density at radius 3 is 3.00 bits per heavy atom. The zero-order valence-corrected chi connectivity index (χ0v) is 12.1. The largest absolute Gasteiger partial charge is 0.395 e. The lowest BCUT2D eigenvalue weighted by molar-refractivity contribution is 0.152. The Hall–Kier alpha value is -1.43. The zero-order chi connectivity index (χ0) is 13.8. The predicted molar refractivity (Wildman–Crippen MR) is 82.4 cm³/mol. The molecular weight excluding hydrogens is 270 g/mol. The quantitative estimate of drug-likeness (QED) is 0.888. The van der Waals surface area contributed by atoms with E-state index in [0.29, 0.717) is 6.04 Å². The molecule has 2 heterocycles. The Labute approximate surface area is 123 Å². The molecule has 1 saturated heterocycles. The summed E-state index contributed by atoms with van der Waals surface area (Å²) in [6.45, 7) is 2.14. The number of benzene rings is 1. The van der Waals surface area contributed by atoms with Crippen LogP contribution in [0.15, 0.2) is 35.7 Å². The third kappa shape index (κ3) is 3.17. The lowest BCUT2D eigenvalue weighted by Crippen LogP contribution is -2.31. The molecule has 1 atom stereocenters. The molecule has 0 spiro atoms. The number of aromatic nitrogens is 1. The Bertz CT molecular complexity index is 543. The van der Waals surface area contributed by atoms with Crippen molar-refractivity contribution in [3.05, 3.63) is 41.4 Å². The van der Waals surface area contributed by atoms with Crippen LogP contribution in [0.2, 0.25) is 0 Å². The molecule has 2 N–H and O–H groups in total. The van der Waals surface area contributed by atoms with E-state index in [0.717, 1.165) is 36.0 Å². The number of nitrogens with one attached hydrogen (secondary N) is 1. The summed E-state index contributed by atoms with van der Waals surface area (Å²) in [5.41, 5.74) is 2.14. The van der Waals surface area contributed by atoms with Gasteiger partial charge in [0.1, 0.15) is 0 Å². The van der Waals surface area contributed by atoms with Gasteiger partial charge in [-0.15, -0.1) is 11.3 Å². The van der Waals surface area contributed by atoms with Gasteiger partial charge < -0.3 is 10.4 Å². The summed E-state index contributed by atoms with van der Waals surface area (Å²) in [7, 11) is 0. The van der Waals surface area contributed by atoms with Gasteiger partial charge in [-0.1, -0.05) is 18.2 Å². The van der Waals surface area contributed by atoms with E-state index in [-0.39, 0.29) is 6.61 Å². The predicted octanol–water partition coefficient (Wildman–Crippen LogP) is 2.84. The fourth-order valence-electron chi connectivity index (χ4n) is 2.60. The van der Waals surface area contributed by atoms with Crippen LogP contribution in [0.3, 0.4) is 0 Å². The third-order valence-corrected chi connectivity index (χ3v) is 4.46. The van der Waals surface area contributed by atoms with Gasteiger partial charge in [-0.05, 0) is 31.5 Å². The van der Waals surface area contributed by atoms with Gasteiger partial charge in [0.05, 0.1) is 12.3 Å². The molecule has 0 radical (unpaired) electrons. The monoisotopic (exact) mass is 289 g/mol. The maximum Gasteiger partial charge on any atom is 0.187 e. The third-order valence-electron chi connectivity index (χ3n) is 3.65. The highest BCUT2D eigenvalue weighted by atomic mass is 32.1. The minimum Gasteiger partial charge on any atom is -0.395 e. The van der Waals surface area contributed by atoms with Crippen LogP contribution in [0.5, 0.6) is 0 Å². The van der Waals surface area contributed by atoms with Crippen LogP contribution >= 0.6 is 11.3 Å². The first-order chi connectivity index (χ1) is 9.85. The molecule has 1 fully saturated rings. The van der Waals surface area contributed by atoms with Crippen LogP contribution in [0, 0.1) is 0 Å². The number of nitrogens with zero attached hydrogens (tertiary/aromatic N) is 2. The summed E-state index contributed by atoms with van der Waals surface area (Å²) < 4.78 is 0. The average molecular weight is 289 g/mol. The molecule has 1 aromatic heterocycles. The lowest BCUT2D eigenvalue weighted by Gasteiger charge is -2.21. The number of rotatable bonds is 5. The van der Waals surface area contributed by atoms with Crippen molar-refractivity contribution in [3.8, 4) is 0 Å². The average Bonchev–Trinajstić information content (AvgIpc) is 3.10. The fraction of sp³-hybridized carbons (Fsp3) is 0.400. The normalized spacial score (nSPS) is 19.4. The van der Waals surface area contributed by atoms with E-state index >= 15 is 0 Å². The van der Waals surface area contributed by atoms with Crippen molar-refractivity contribution in [2.45, 2.75) is 25.4 Å². The van der Waals surface area contributed by atoms with E-state index in [4.69, 9.17) is 0 Å². The van der Waals surface area contributed by atoms with E-state index in [1.54, 1.807) is 11.3 Å². The first-order valence-electron chi connectivity index (χ1n) is 6.96. The van der Waals surface area contributed by atoms with Crippen molar-refractivity contribution in [3.63, 3.8) is 0 Å². The number of hydrogen-bond acceptors (Lipinski definition) is 5. The van der Waals surface area contributed by atoms with Crippen molar-refractivity contribution in [2.75, 3.05) is 18.5 Å². The summed E-state index contributed by atoms with van der Waals surface area (Å²) in [4.78, 5) is 6.94. The molecule has 0 saturated carbocycles. The lowest BCUT2D eigenvalue weighted by atomic mass is 10.2. The molecule has 1 aliphatic heterocycles. The number of aliphatic hydroxyl groups excluding tert-OH is 1. The highest BCUT2D eigenvalue weighted by molar-refractivity contribution is 7.13. The molecule has 106 valence electrons. The standard InChI is InChI=1S/C15H19N3OS/c19-10-14-7-4-8-18(14)9-13-11-20-15(17-13)16-12-5-2-1-3-6-12/h1-3,5-6,11,14,19H,4,7-10H2,(H,16,17)/t14-/m1/s1. The molecule has 0 bridgehead atoms. The number of likely N-dealkylation sites (tertiary alicyclic amines) is 1. The van der Waals surface area contributed by atoms with Gasteiger partial charge in [0.2, 0.25) is 0 Å². The van der Waals surface area contributed by atoms with Crippen molar-refractivity contribution >= 4 is 22.2 Å². The number of hydrogen-bond donors (Lipinski definition) is 2. The van der Waals surface area contributed by atoms with E-state index in [2.05, 4.69) is 20.6 Å². The van der Waals surface area contributed by atoms with Crippen LogP contribution in [-0.4, -0.2) is 34.2 Å². The molecule has 1 aliphatic rings. The minimum atomic E-state index is 0.249. The Balaban J connectivity index is 1.62. The highest BCUT2D eigenvalue weighted by Crippen LogP contribution is 2.24. The van der Waals surface area contributed by atoms with Crippen LogP contribution in [0.4, 0.5) is 10.8 Å². The Kier molecular flexibility index (Phi) is 4.30. The first-order valence-corrected chi connectivity index (χ1v) is 7.84. The van der Waals surface area contributed by atoms with Gasteiger partial charge >= 0.3 is 0 Å². The summed E-state index contributed by atoms with van der Waals surface area (Å²) in [6.07, 6.45) is 2.26. The minimum absolute atomic E-state index is 0.249. The summed E-state index contributed by atoms with van der Waals surface area (Å²) >= 11 is 1.63. The number of anilines is 2. The molecule has 3 rings (SSSR count). The molecule has 5 heteroatoms. The van der Waals surface area contributed by atoms with Gasteiger partial charge in [-0.2, -0.15) is 0 Å². The van der Waals surface area contributed by atoms with Crippen LogP contribution < -0.4 is 5.32 Å². The number of aliphatic hydroxyl groups is 1. The maximum atomic E-state index is 9.34. The van der Waals surface area contributed by atoms with E-state index < -0.39 is 0 Å². The Morgan fingerprint density at radius 1 is 1.35 bits per heavy atom. The molecule has 0 aliphatic carbocycles. The SMILES string of the molecule is OC[C@H]1CCCN1Cc1csc(Nc2ccccc2)n1. The van der Waals surface area contributed by atoms with Crippen molar-refractivity contribution in [1.82, 2.24) is 9.88 Å². The van der Waals surface area contributed by atoms with E-state index in [1.165, 1.54) is 6.42 Å². The van der Waals surface area contributed by atoms with E-state index in [1.807, 2.05) is 30.3 Å². The van der Waals surface area contributed by atoms with Gasteiger partial charge in [0.25, 0.3) is 0 Å².